The Labute approximate surface area is 175 Å². The summed E-state index contributed by atoms with van der Waals surface area (Å²) in [5.74, 6) is -0.860. The van der Waals surface area contributed by atoms with Gasteiger partial charge in [0.25, 0.3) is 5.91 Å². The van der Waals surface area contributed by atoms with E-state index in [-0.39, 0.29) is 11.5 Å². The lowest BCUT2D eigenvalue weighted by Crippen LogP contribution is -2.12. The number of rotatable bonds is 5. The van der Waals surface area contributed by atoms with Crippen LogP contribution in [0.25, 0.3) is 0 Å². The van der Waals surface area contributed by atoms with Gasteiger partial charge in [-0.05, 0) is 78.8 Å². The van der Waals surface area contributed by atoms with Crippen LogP contribution in [0.2, 0.25) is 0 Å². The number of hydrogen-bond donors (Lipinski definition) is 2. The Hall–Kier alpha value is -3.73. The van der Waals surface area contributed by atoms with Crippen LogP contribution in [0.4, 0.5) is 11.4 Å². The highest BCUT2D eigenvalue weighted by atomic mass is 16.4. The van der Waals surface area contributed by atoms with E-state index < -0.39 is 5.97 Å². The van der Waals surface area contributed by atoms with Gasteiger partial charge in [0.15, 0.2) is 0 Å². The molecule has 0 fully saturated rings. The summed E-state index contributed by atoms with van der Waals surface area (Å²) in [6.07, 6.45) is 4.78. The smallest absolute Gasteiger partial charge is 0.335 e. The molecule has 3 aromatic carbocycles. The van der Waals surface area contributed by atoms with Gasteiger partial charge < -0.3 is 10.4 Å². The summed E-state index contributed by atoms with van der Waals surface area (Å²) in [5.41, 5.74) is 4.70. The lowest BCUT2D eigenvalue weighted by atomic mass is 9.87. The Morgan fingerprint density at radius 3 is 2.57 bits per heavy atom. The largest absolute Gasteiger partial charge is 0.478 e. The number of benzene rings is 3. The van der Waals surface area contributed by atoms with E-state index in [2.05, 4.69) is 16.4 Å². The second kappa shape index (κ2) is 8.74. The van der Waals surface area contributed by atoms with Gasteiger partial charge in [0.1, 0.15) is 0 Å². The molecule has 5 heteroatoms. The quantitative estimate of drug-likeness (QED) is 0.599. The first-order valence-electron chi connectivity index (χ1n) is 9.95. The highest BCUT2D eigenvalue weighted by molar-refractivity contribution is 6.04. The van der Waals surface area contributed by atoms with E-state index in [1.54, 1.807) is 18.2 Å². The van der Waals surface area contributed by atoms with Crippen molar-refractivity contribution in [3.63, 3.8) is 0 Å². The predicted octanol–water partition coefficient (Wildman–Crippen LogP) is 5.46. The zero-order valence-corrected chi connectivity index (χ0v) is 16.4. The standard InChI is InChI=1S/C25H22N2O3/c28-24(27-21-12-10-18(11-13-21)25(29)30)20-6-3-5-17(16-20)15-19-7-4-14-26-23-9-2-1-8-22(19)23/h1-3,5-6,8-14,16,19H,4,7,15H2,(H,27,28)(H,29,30). The molecule has 4 rings (SSSR count). The average Bonchev–Trinajstić information content (AvgIpc) is 2.97. The maximum atomic E-state index is 12.7. The van der Waals surface area contributed by atoms with Crippen LogP contribution < -0.4 is 5.32 Å². The summed E-state index contributed by atoms with van der Waals surface area (Å²) < 4.78 is 0. The molecule has 3 aromatic rings. The molecule has 0 bridgehead atoms. The van der Waals surface area contributed by atoms with Crippen molar-refractivity contribution in [3.8, 4) is 0 Å². The second-order valence-electron chi connectivity index (χ2n) is 7.39. The van der Waals surface area contributed by atoms with Gasteiger partial charge in [0.2, 0.25) is 0 Å². The molecular weight excluding hydrogens is 376 g/mol. The number of carbonyl (C=O) groups excluding carboxylic acids is 1. The monoisotopic (exact) mass is 398 g/mol. The number of fused-ring (bicyclic) bond motifs is 1. The predicted molar refractivity (Wildman–Crippen MR) is 118 cm³/mol. The van der Waals surface area contributed by atoms with Crippen molar-refractivity contribution in [1.29, 1.82) is 0 Å². The number of para-hydroxylation sites is 1. The van der Waals surface area contributed by atoms with Crippen LogP contribution in [0.3, 0.4) is 0 Å². The van der Waals surface area contributed by atoms with Crippen LogP contribution in [0.1, 0.15) is 50.6 Å². The van der Waals surface area contributed by atoms with Gasteiger partial charge in [-0.3, -0.25) is 9.79 Å². The van der Waals surface area contributed by atoms with Gasteiger partial charge in [-0.15, -0.1) is 0 Å². The van der Waals surface area contributed by atoms with E-state index in [4.69, 9.17) is 5.11 Å². The SMILES string of the molecule is O=C(O)c1ccc(NC(=O)c2cccc(CC3CCC=Nc4ccccc43)c2)cc1. The van der Waals surface area contributed by atoms with Crippen molar-refractivity contribution in [2.45, 2.75) is 25.2 Å². The Bertz CT molecular complexity index is 1100. The number of carboxylic acids is 1. The van der Waals surface area contributed by atoms with Gasteiger partial charge in [-0.1, -0.05) is 30.3 Å². The fourth-order valence-electron chi connectivity index (χ4n) is 3.78. The van der Waals surface area contributed by atoms with Crippen LogP contribution in [-0.4, -0.2) is 23.2 Å². The molecule has 1 amide bonds. The molecule has 0 spiro atoms. The third kappa shape index (κ3) is 4.46. The van der Waals surface area contributed by atoms with Crippen molar-refractivity contribution in [2.75, 3.05) is 5.32 Å². The minimum atomic E-state index is -0.994. The summed E-state index contributed by atoms with van der Waals surface area (Å²) >= 11 is 0. The normalized spacial score (nSPS) is 15.1. The molecule has 0 radical (unpaired) electrons. The lowest BCUT2D eigenvalue weighted by molar-refractivity contribution is 0.0696. The van der Waals surface area contributed by atoms with Gasteiger partial charge in [-0.25, -0.2) is 4.79 Å². The first-order chi connectivity index (χ1) is 14.6. The second-order valence-corrected chi connectivity index (χ2v) is 7.39. The van der Waals surface area contributed by atoms with Gasteiger partial charge in [-0.2, -0.15) is 0 Å². The minimum absolute atomic E-state index is 0.183. The number of nitrogens with one attached hydrogen (secondary N) is 1. The summed E-state index contributed by atoms with van der Waals surface area (Å²) in [5, 5.41) is 11.8. The Morgan fingerprint density at radius 1 is 0.967 bits per heavy atom. The zero-order valence-electron chi connectivity index (χ0n) is 16.4. The summed E-state index contributed by atoms with van der Waals surface area (Å²) in [6.45, 7) is 0. The van der Waals surface area contributed by atoms with E-state index in [9.17, 15) is 9.59 Å². The van der Waals surface area contributed by atoms with E-state index in [0.717, 1.165) is 30.5 Å². The molecule has 1 atom stereocenters. The minimum Gasteiger partial charge on any atom is -0.478 e. The van der Waals surface area contributed by atoms with Crippen molar-refractivity contribution < 1.29 is 14.7 Å². The highest BCUT2D eigenvalue weighted by Crippen LogP contribution is 2.34. The topological polar surface area (TPSA) is 78.8 Å². The molecule has 0 saturated carbocycles. The molecule has 1 unspecified atom stereocenters. The van der Waals surface area contributed by atoms with Crippen LogP contribution in [0.15, 0.2) is 77.8 Å². The molecular formula is C25H22N2O3. The van der Waals surface area contributed by atoms with Crippen molar-refractivity contribution in [1.82, 2.24) is 0 Å². The maximum Gasteiger partial charge on any atom is 0.335 e. The number of nitrogens with zero attached hydrogens (tertiary/aromatic N) is 1. The van der Waals surface area contributed by atoms with Crippen LogP contribution in [-0.2, 0) is 6.42 Å². The van der Waals surface area contributed by atoms with Crippen molar-refractivity contribution in [3.05, 3.63) is 95.1 Å². The molecule has 0 saturated heterocycles. The number of anilines is 1. The number of aromatic carboxylic acids is 1. The number of amides is 1. The fourth-order valence-corrected chi connectivity index (χ4v) is 3.78. The van der Waals surface area contributed by atoms with Gasteiger partial charge in [0, 0.05) is 17.5 Å². The molecule has 5 nitrogen and oxygen atoms in total. The first kappa shape index (κ1) is 19.6. The Kier molecular flexibility index (Phi) is 5.70. The lowest BCUT2D eigenvalue weighted by Gasteiger charge is -2.17. The van der Waals surface area contributed by atoms with Gasteiger partial charge >= 0.3 is 5.97 Å². The van der Waals surface area contributed by atoms with Crippen LogP contribution in [0.5, 0.6) is 0 Å². The van der Waals surface area contributed by atoms with E-state index >= 15 is 0 Å². The van der Waals surface area contributed by atoms with E-state index in [1.807, 2.05) is 42.6 Å². The first-order valence-corrected chi connectivity index (χ1v) is 9.95. The number of carbonyl (C=O) groups is 2. The third-order valence-corrected chi connectivity index (χ3v) is 5.31. The average molecular weight is 398 g/mol. The summed E-state index contributed by atoms with van der Waals surface area (Å²) in [7, 11) is 0. The Balaban J connectivity index is 1.49. The fraction of sp³-hybridized carbons (Fsp3) is 0.160. The molecule has 0 aliphatic carbocycles. The highest BCUT2D eigenvalue weighted by Gasteiger charge is 2.18. The number of aliphatic imine (C=N–C) groups is 1. The molecule has 1 heterocycles. The third-order valence-electron chi connectivity index (χ3n) is 5.31. The van der Waals surface area contributed by atoms with Crippen molar-refractivity contribution in [2.24, 2.45) is 4.99 Å². The van der Waals surface area contributed by atoms with E-state index in [1.165, 1.54) is 17.7 Å². The molecule has 0 aromatic heterocycles. The van der Waals surface area contributed by atoms with E-state index in [0.29, 0.717) is 17.2 Å². The van der Waals surface area contributed by atoms with Crippen LogP contribution >= 0.6 is 0 Å². The maximum absolute atomic E-state index is 12.7. The van der Waals surface area contributed by atoms with Crippen LogP contribution in [0, 0.1) is 0 Å². The zero-order chi connectivity index (χ0) is 20.9. The molecule has 2 N–H and O–H groups in total. The molecule has 1 aliphatic rings. The van der Waals surface area contributed by atoms with Crippen molar-refractivity contribution >= 4 is 29.5 Å². The number of hydrogen-bond acceptors (Lipinski definition) is 3. The van der Waals surface area contributed by atoms with Gasteiger partial charge in [0.05, 0.1) is 11.3 Å². The molecule has 150 valence electrons. The number of carboxylic acid groups (broad SMARTS) is 1. The summed E-state index contributed by atoms with van der Waals surface area (Å²) in [4.78, 5) is 28.2. The summed E-state index contributed by atoms with van der Waals surface area (Å²) in [6, 6.07) is 22.0. The Morgan fingerprint density at radius 2 is 1.77 bits per heavy atom. The molecule has 30 heavy (non-hydrogen) atoms. The molecule has 1 aliphatic heterocycles.